The summed E-state index contributed by atoms with van der Waals surface area (Å²) < 4.78 is 0. The summed E-state index contributed by atoms with van der Waals surface area (Å²) in [5.41, 5.74) is 3.17. The van der Waals surface area contributed by atoms with Gasteiger partial charge in [0.15, 0.2) is 5.82 Å². The number of amides is 3. The number of carbonyl (C=O) groups excluding carboxylic acids is 2. The number of urea groups is 1. The van der Waals surface area contributed by atoms with Crippen LogP contribution < -0.4 is 15.5 Å². The van der Waals surface area contributed by atoms with Crippen LogP contribution in [0.15, 0.2) is 42.6 Å². The Morgan fingerprint density at radius 3 is 2.41 bits per heavy atom. The SMILES string of the molecule is CC(C)Nc1cccnc1N1CCN(C(=O)c2cc3cc(NC(=O)N4C[C@@H](C)N(C)[C@@H](C)C4)ccc3[nH]2)CC1. The van der Waals surface area contributed by atoms with Crippen LogP contribution in [0.2, 0.25) is 0 Å². The highest BCUT2D eigenvalue weighted by Gasteiger charge is 2.29. The molecular weight excluding hydrogens is 492 g/mol. The molecule has 10 heteroatoms. The highest BCUT2D eigenvalue weighted by Crippen LogP contribution is 2.26. The molecule has 1 aromatic carbocycles. The van der Waals surface area contributed by atoms with E-state index in [2.05, 4.69) is 65.1 Å². The van der Waals surface area contributed by atoms with E-state index >= 15 is 0 Å². The molecule has 3 amide bonds. The third-order valence-electron chi connectivity index (χ3n) is 7.85. The molecule has 0 bridgehead atoms. The Bertz CT molecular complexity index is 1320. The fourth-order valence-electron chi connectivity index (χ4n) is 5.46. The number of nitrogens with zero attached hydrogens (tertiary/aromatic N) is 5. The van der Waals surface area contributed by atoms with Gasteiger partial charge in [-0.15, -0.1) is 0 Å². The van der Waals surface area contributed by atoms with Crippen LogP contribution in [0, 0.1) is 0 Å². The van der Waals surface area contributed by atoms with E-state index in [0.29, 0.717) is 50.0 Å². The van der Waals surface area contributed by atoms with Crippen LogP contribution in [0.4, 0.5) is 22.0 Å². The van der Waals surface area contributed by atoms with Gasteiger partial charge in [-0.2, -0.15) is 0 Å². The number of carbonyl (C=O) groups is 2. The van der Waals surface area contributed by atoms with E-state index < -0.39 is 0 Å². The molecule has 39 heavy (non-hydrogen) atoms. The fourth-order valence-corrected chi connectivity index (χ4v) is 5.46. The maximum absolute atomic E-state index is 13.3. The van der Waals surface area contributed by atoms with Crippen molar-refractivity contribution in [1.29, 1.82) is 0 Å². The van der Waals surface area contributed by atoms with Crippen LogP contribution in [0.5, 0.6) is 0 Å². The first-order chi connectivity index (χ1) is 18.7. The number of likely N-dealkylation sites (N-methyl/N-ethyl adjacent to an activating group) is 1. The second-order valence-corrected chi connectivity index (χ2v) is 11.1. The minimum atomic E-state index is -0.0921. The molecule has 0 unspecified atom stereocenters. The molecule has 3 aromatic rings. The van der Waals surface area contributed by atoms with Gasteiger partial charge in [-0.1, -0.05) is 0 Å². The van der Waals surface area contributed by atoms with Crippen LogP contribution >= 0.6 is 0 Å². The van der Waals surface area contributed by atoms with E-state index in [1.54, 1.807) is 0 Å². The molecule has 2 atom stereocenters. The van der Waals surface area contributed by atoms with Crippen molar-refractivity contribution in [3.8, 4) is 0 Å². The number of fused-ring (bicyclic) bond motifs is 1. The predicted molar refractivity (Wildman–Crippen MR) is 157 cm³/mol. The van der Waals surface area contributed by atoms with Crippen LogP contribution in [0.3, 0.4) is 0 Å². The largest absolute Gasteiger partial charge is 0.380 e. The van der Waals surface area contributed by atoms with Gasteiger partial charge in [-0.3, -0.25) is 9.69 Å². The van der Waals surface area contributed by atoms with Gasteiger partial charge in [-0.05, 0) is 71.1 Å². The first-order valence-corrected chi connectivity index (χ1v) is 13.9. The Balaban J connectivity index is 1.22. The number of anilines is 3. The Morgan fingerprint density at radius 1 is 1.00 bits per heavy atom. The number of pyridine rings is 1. The monoisotopic (exact) mass is 532 g/mol. The van der Waals surface area contributed by atoms with Crippen molar-refractivity contribution in [2.45, 2.75) is 45.8 Å². The summed E-state index contributed by atoms with van der Waals surface area (Å²) in [5.74, 6) is 0.914. The molecule has 5 rings (SSSR count). The number of benzene rings is 1. The second-order valence-electron chi connectivity index (χ2n) is 11.1. The zero-order valence-electron chi connectivity index (χ0n) is 23.6. The van der Waals surface area contributed by atoms with Gasteiger partial charge >= 0.3 is 6.03 Å². The zero-order valence-corrected chi connectivity index (χ0v) is 23.6. The van der Waals surface area contributed by atoms with Gasteiger partial charge in [0.1, 0.15) is 5.69 Å². The van der Waals surface area contributed by atoms with Crippen molar-refractivity contribution in [2.75, 3.05) is 61.8 Å². The van der Waals surface area contributed by atoms with Crippen LogP contribution in [0.25, 0.3) is 10.9 Å². The summed E-state index contributed by atoms with van der Waals surface area (Å²) in [7, 11) is 2.10. The molecule has 3 N–H and O–H groups in total. The smallest absolute Gasteiger partial charge is 0.321 e. The summed E-state index contributed by atoms with van der Waals surface area (Å²) in [6.45, 7) is 12.6. The van der Waals surface area contributed by atoms with Gasteiger partial charge < -0.3 is 30.3 Å². The number of rotatable bonds is 5. The molecule has 2 fully saturated rings. The minimum Gasteiger partial charge on any atom is -0.380 e. The highest BCUT2D eigenvalue weighted by molar-refractivity contribution is 6.00. The Hall–Kier alpha value is -3.79. The molecule has 0 aliphatic carbocycles. The quantitative estimate of drug-likeness (QED) is 0.461. The summed E-state index contributed by atoms with van der Waals surface area (Å²) in [6, 6.07) is 12.4. The maximum Gasteiger partial charge on any atom is 0.321 e. The molecule has 208 valence electrons. The van der Waals surface area contributed by atoms with E-state index in [9.17, 15) is 9.59 Å². The van der Waals surface area contributed by atoms with Crippen molar-refractivity contribution in [1.82, 2.24) is 24.7 Å². The Kier molecular flexibility index (Phi) is 7.65. The molecule has 0 spiro atoms. The molecule has 2 saturated heterocycles. The lowest BCUT2D eigenvalue weighted by atomic mass is 10.1. The van der Waals surface area contributed by atoms with Gasteiger partial charge in [0, 0.05) is 80.2 Å². The van der Waals surface area contributed by atoms with Gasteiger partial charge in [0.2, 0.25) is 0 Å². The number of hydrogen-bond acceptors (Lipinski definition) is 6. The van der Waals surface area contributed by atoms with Gasteiger partial charge in [0.25, 0.3) is 5.91 Å². The van der Waals surface area contributed by atoms with Gasteiger partial charge in [-0.25, -0.2) is 9.78 Å². The standard InChI is InChI=1S/C29H40N8O2/c1-19(2)31-25-7-6-10-30-27(25)35-11-13-36(14-12-35)28(38)26-16-22-15-23(8-9-24(22)33-26)32-29(39)37-17-20(3)34(5)21(4)18-37/h6-10,15-16,19-21,31,33H,11-14,17-18H2,1-5H3,(H,32,39)/t20-,21+. The molecule has 2 aliphatic rings. The number of nitrogens with one attached hydrogen (secondary N) is 3. The van der Waals surface area contributed by atoms with Crippen molar-refractivity contribution >= 4 is 40.0 Å². The van der Waals surface area contributed by atoms with Crippen molar-refractivity contribution < 1.29 is 9.59 Å². The average molecular weight is 533 g/mol. The maximum atomic E-state index is 13.3. The lowest BCUT2D eigenvalue weighted by Gasteiger charge is -2.42. The average Bonchev–Trinajstić information content (AvgIpc) is 3.34. The first kappa shape index (κ1) is 26.8. The zero-order chi connectivity index (χ0) is 27.7. The van der Waals surface area contributed by atoms with Crippen molar-refractivity contribution in [3.63, 3.8) is 0 Å². The highest BCUT2D eigenvalue weighted by atomic mass is 16.2. The molecule has 0 radical (unpaired) electrons. The summed E-state index contributed by atoms with van der Waals surface area (Å²) in [5, 5.41) is 7.40. The van der Waals surface area contributed by atoms with Crippen LogP contribution in [0.1, 0.15) is 38.2 Å². The summed E-state index contributed by atoms with van der Waals surface area (Å²) >= 11 is 0. The molecular formula is C29H40N8O2. The minimum absolute atomic E-state index is 0.0154. The molecule has 10 nitrogen and oxygen atoms in total. The number of hydrogen-bond donors (Lipinski definition) is 3. The first-order valence-electron chi connectivity index (χ1n) is 13.9. The number of aromatic amines is 1. The normalized spacial score (nSPS) is 20.5. The fraction of sp³-hybridized carbons (Fsp3) is 0.483. The molecule has 2 aliphatic heterocycles. The van der Waals surface area contributed by atoms with Crippen molar-refractivity contribution in [2.24, 2.45) is 0 Å². The number of aromatic nitrogens is 2. The number of piperazine rings is 2. The lowest BCUT2D eigenvalue weighted by Crippen LogP contribution is -2.57. The lowest BCUT2D eigenvalue weighted by molar-refractivity contribution is 0.0741. The summed E-state index contributed by atoms with van der Waals surface area (Å²) in [4.78, 5) is 42.5. The molecule has 4 heterocycles. The van der Waals surface area contributed by atoms with E-state index in [1.807, 2.05) is 52.4 Å². The topological polar surface area (TPSA) is 99.8 Å². The predicted octanol–water partition coefficient (Wildman–Crippen LogP) is 3.90. The van der Waals surface area contributed by atoms with Crippen molar-refractivity contribution in [3.05, 3.63) is 48.3 Å². The van der Waals surface area contributed by atoms with Gasteiger partial charge in [0.05, 0.1) is 5.69 Å². The van der Waals surface area contributed by atoms with E-state index in [4.69, 9.17) is 0 Å². The van der Waals surface area contributed by atoms with E-state index in [0.717, 1.165) is 41.2 Å². The number of H-pyrrole nitrogens is 1. The van der Waals surface area contributed by atoms with Crippen LogP contribution in [-0.2, 0) is 0 Å². The summed E-state index contributed by atoms with van der Waals surface area (Å²) in [6.07, 6.45) is 1.81. The van der Waals surface area contributed by atoms with E-state index in [1.165, 1.54) is 0 Å². The Labute approximate surface area is 230 Å². The van der Waals surface area contributed by atoms with E-state index in [-0.39, 0.29) is 11.9 Å². The second kappa shape index (κ2) is 11.1. The molecule has 0 saturated carbocycles. The Morgan fingerprint density at radius 2 is 1.72 bits per heavy atom. The molecule has 2 aromatic heterocycles. The third-order valence-corrected chi connectivity index (χ3v) is 7.85. The van der Waals surface area contributed by atoms with Crippen LogP contribution in [-0.4, -0.2) is 101 Å². The third kappa shape index (κ3) is 5.80.